The Morgan fingerprint density at radius 1 is 1.12 bits per heavy atom. The van der Waals surface area contributed by atoms with E-state index in [9.17, 15) is 23.7 Å². The zero-order chi connectivity index (χ0) is 29.4. The molecule has 0 aromatic heterocycles. The second kappa shape index (κ2) is 13.6. The van der Waals surface area contributed by atoms with Crippen LogP contribution >= 0.6 is 7.75 Å². The van der Waals surface area contributed by atoms with E-state index in [4.69, 9.17) is 29.0 Å². The fourth-order valence-electron chi connectivity index (χ4n) is 3.98. The molecule has 1 fully saturated rings. The number of primary amides is 1. The van der Waals surface area contributed by atoms with E-state index in [1.165, 1.54) is 44.2 Å². The maximum Gasteiger partial charge on any atom is 0.459 e. The average Bonchev–Trinajstić information content (AvgIpc) is 3.23. The number of esters is 3. The number of nitrogens with two attached hydrogens (primary N) is 1. The third-order valence-corrected chi connectivity index (χ3v) is 7.35. The predicted octanol–water partition coefficient (Wildman–Crippen LogP) is 1.52. The molecule has 6 atom stereocenters. The summed E-state index contributed by atoms with van der Waals surface area (Å²) in [5.74, 6) is -2.60. The second-order valence-electron chi connectivity index (χ2n) is 8.84. The summed E-state index contributed by atoms with van der Waals surface area (Å²) in [5.41, 5.74) is 5.69. The number of amides is 1. The van der Waals surface area contributed by atoms with E-state index in [2.05, 4.69) is 9.82 Å². The molecule has 15 heteroatoms. The molecule has 1 unspecified atom stereocenters. The lowest BCUT2D eigenvalue weighted by Gasteiger charge is -2.30. The standard InChI is InChI=1S/C25H32N3O11P/c1-15(25(32)34-4)27-40(33,39-19-10-6-5-7-11-19)35-14-20-21(36-16(2)29)22(37-17(3)30)24(38-20)28-12-8-9-18(13-28)23(26)31/h5-8,10-13,15,20-22,24H,9,14H2,1-4H3,(H2,26,31)(H,27,33)/t15-,20+,21+,22+,24+,40?/m0/s1. The van der Waals surface area contributed by atoms with Gasteiger partial charge in [-0.15, -0.1) is 0 Å². The van der Waals surface area contributed by atoms with Gasteiger partial charge in [0.05, 0.1) is 13.7 Å². The summed E-state index contributed by atoms with van der Waals surface area (Å²) >= 11 is 0. The molecule has 14 nitrogen and oxygen atoms in total. The Morgan fingerprint density at radius 3 is 2.38 bits per heavy atom. The number of methoxy groups -OCH3 is 1. The van der Waals surface area contributed by atoms with E-state index in [1.807, 2.05) is 0 Å². The number of hydrogen-bond donors (Lipinski definition) is 2. The van der Waals surface area contributed by atoms with Crippen molar-refractivity contribution in [2.45, 2.75) is 57.8 Å². The minimum absolute atomic E-state index is 0.178. The summed E-state index contributed by atoms with van der Waals surface area (Å²) in [5, 5.41) is 2.51. The number of rotatable bonds is 12. The van der Waals surface area contributed by atoms with Crippen LogP contribution in [0, 0.1) is 0 Å². The fraction of sp³-hybridized carbons (Fsp3) is 0.440. The highest BCUT2D eigenvalue weighted by molar-refractivity contribution is 7.52. The van der Waals surface area contributed by atoms with Crippen LogP contribution < -0.4 is 15.3 Å². The molecule has 218 valence electrons. The number of allylic oxidation sites excluding steroid dienone is 1. The van der Waals surface area contributed by atoms with Gasteiger partial charge in [-0.2, -0.15) is 5.09 Å². The first-order valence-electron chi connectivity index (χ1n) is 12.2. The maximum atomic E-state index is 13.8. The van der Waals surface area contributed by atoms with Gasteiger partial charge in [-0.25, -0.2) is 4.57 Å². The van der Waals surface area contributed by atoms with E-state index < -0.39 is 68.8 Å². The summed E-state index contributed by atoms with van der Waals surface area (Å²) in [6.45, 7) is 3.23. The van der Waals surface area contributed by atoms with Gasteiger partial charge in [-0.3, -0.25) is 23.7 Å². The summed E-state index contributed by atoms with van der Waals surface area (Å²) in [6, 6.07) is 6.99. The van der Waals surface area contributed by atoms with Gasteiger partial charge in [0.2, 0.25) is 5.91 Å². The van der Waals surface area contributed by atoms with E-state index >= 15 is 0 Å². The number of hydrogen-bond acceptors (Lipinski definition) is 12. The van der Waals surface area contributed by atoms with Crippen LogP contribution in [0.4, 0.5) is 0 Å². The van der Waals surface area contributed by atoms with Gasteiger partial charge in [-0.05, 0) is 25.5 Å². The predicted molar refractivity (Wildman–Crippen MR) is 138 cm³/mol. The van der Waals surface area contributed by atoms with Crippen molar-refractivity contribution >= 4 is 31.6 Å². The third-order valence-electron chi connectivity index (χ3n) is 5.70. The van der Waals surface area contributed by atoms with Crippen LogP contribution in [0.3, 0.4) is 0 Å². The van der Waals surface area contributed by atoms with Crippen LogP contribution in [0.1, 0.15) is 27.2 Å². The molecule has 0 saturated carbocycles. The molecule has 2 aliphatic heterocycles. The highest BCUT2D eigenvalue weighted by Gasteiger charge is 2.52. The van der Waals surface area contributed by atoms with Crippen LogP contribution in [-0.2, 0) is 47.2 Å². The van der Waals surface area contributed by atoms with E-state index in [0.29, 0.717) is 0 Å². The number of benzene rings is 1. The van der Waals surface area contributed by atoms with E-state index in [-0.39, 0.29) is 17.7 Å². The molecule has 3 rings (SSSR count). The number of carbonyl (C=O) groups excluding carboxylic acids is 4. The van der Waals surface area contributed by atoms with Gasteiger partial charge in [-0.1, -0.05) is 24.3 Å². The van der Waals surface area contributed by atoms with Gasteiger partial charge < -0.3 is 34.1 Å². The SMILES string of the molecule is COC(=O)[C@H](C)NP(=O)(OC[C@H]1O[C@@H](N2C=CCC(C(N)=O)=C2)[C@H](OC(C)=O)[C@@H]1OC(C)=O)Oc1ccccc1. The Hall–Kier alpha value is -3.71. The first-order chi connectivity index (χ1) is 18.9. The zero-order valence-corrected chi connectivity index (χ0v) is 23.3. The van der Waals surface area contributed by atoms with Crippen molar-refractivity contribution < 1.29 is 51.7 Å². The molecule has 2 heterocycles. The molecule has 1 amide bonds. The van der Waals surface area contributed by atoms with Crippen LogP contribution in [0.15, 0.2) is 54.4 Å². The lowest BCUT2D eigenvalue weighted by Crippen LogP contribution is -2.45. The van der Waals surface area contributed by atoms with Crippen LogP contribution in [0.5, 0.6) is 5.75 Å². The molecule has 0 radical (unpaired) electrons. The number of carbonyl (C=O) groups is 4. The molecule has 2 aliphatic rings. The lowest BCUT2D eigenvalue weighted by molar-refractivity contribution is -0.166. The van der Waals surface area contributed by atoms with Crippen LogP contribution in [0.2, 0.25) is 0 Å². The van der Waals surface area contributed by atoms with Crippen molar-refractivity contribution in [3.63, 3.8) is 0 Å². The Balaban J connectivity index is 1.90. The van der Waals surface area contributed by atoms with E-state index in [0.717, 1.165) is 6.92 Å². The first kappa shape index (κ1) is 30.8. The Kier molecular flexibility index (Phi) is 10.5. The van der Waals surface area contributed by atoms with Crippen LogP contribution in [-0.4, -0.2) is 73.0 Å². The van der Waals surface area contributed by atoms with Crippen molar-refractivity contribution in [1.29, 1.82) is 0 Å². The van der Waals surface area contributed by atoms with Crippen LogP contribution in [0.25, 0.3) is 0 Å². The Morgan fingerprint density at radius 2 is 1.77 bits per heavy atom. The average molecular weight is 582 g/mol. The number of nitrogens with one attached hydrogen (secondary N) is 1. The van der Waals surface area contributed by atoms with Crippen molar-refractivity contribution in [2.75, 3.05) is 13.7 Å². The first-order valence-corrected chi connectivity index (χ1v) is 13.8. The number of para-hydroxylation sites is 1. The fourth-order valence-corrected chi connectivity index (χ4v) is 5.48. The second-order valence-corrected chi connectivity index (χ2v) is 10.5. The molecule has 40 heavy (non-hydrogen) atoms. The summed E-state index contributed by atoms with van der Waals surface area (Å²) < 4.78 is 46.7. The highest BCUT2D eigenvalue weighted by atomic mass is 31.2. The number of nitrogens with zero attached hydrogens (tertiary/aromatic N) is 1. The van der Waals surface area contributed by atoms with Gasteiger partial charge in [0.15, 0.2) is 18.4 Å². The topological polar surface area (TPSA) is 182 Å². The Labute approximate surface area is 230 Å². The van der Waals surface area contributed by atoms with Crippen molar-refractivity contribution in [2.24, 2.45) is 5.73 Å². The molecular formula is C25H32N3O11P. The quantitative estimate of drug-likeness (QED) is 0.206. The Bertz CT molecular complexity index is 1210. The molecule has 1 aromatic rings. The zero-order valence-electron chi connectivity index (χ0n) is 22.4. The number of ether oxygens (including phenoxy) is 4. The van der Waals surface area contributed by atoms with Gasteiger partial charge in [0.25, 0.3) is 0 Å². The van der Waals surface area contributed by atoms with E-state index in [1.54, 1.807) is 30.5 Å². The molecule has 0 spiro atoms. The maximum absolute atomic E-state index is 13.8. The monoisotopic (exact) mass is 581 g/mol. The molecule has 1 saturated heterocycles. The normalized spacial score (nSPS) is 24.3. The minimum atomic E-state index is -4.28. The minimum Gasteiger partial charge on any atom is -0.468 e. The largest absolute Gasteiger partial charge is 0.468 e. The molecule has 3 N–H and O–H groups in total. The van der Waals surface area contributed by atoms with Crippen molar-refractivity contribution in [3.8, 4) is 5.75 Å². The van der Waals surface area contributed by atoms with Gasteiger partial charge >= 0.3 is 25.7 Å². The lowest BCUT2D eigenvalue weighted by atomic mass is 10.1. The van der Waals surface area contributed by atoms with Crippen molar-refractivity contribution in [1.82, 2.24) is 9.99 Å². The summed E-state index contributed by atoms with van der Waals surface area (Å²) in [6.07, 6.45) is 0.339. The highest BCUT2D eigenvalue weighted by Crippen LogP contribution is 2.46. The summed E-state index contributed by atoms with van der Waals surface area (Å²) in [7, 11) is -3.11. The molecule has 0 bridgehead atoms. The molecule has 0 aliphatic carbocycles. The third kappa shape index (κ3) is 8.15. The molecule has 1 aromatic carbocycles. The van der Waals surface area contributed by atoms with Gasteiger partial charge in [0, 0.05) is 31.8 Å². The molecular weight excluding hydrogens is 549 g/mol. The smallest absolute Gasteiger partial charge is 0.459 e. The summed E-state index contributed by atoms with van der Waals surface area (Å²) in [4.78, 5) is 49.2. The van der Waals surface area contributed by atoms with Crippen molar-refractivity contribution in [3.05, 3.63) is 54.4 Å². The van der Waals surface area contributed by atoms with Gasteiger partial charge in [0.1, 0.15) is 17.9 Å².